The van der Waals surface area contributed by atoms with Crippen molar-refractivity contribution < 1.29 is 9.59 Å². The van der Waals surface area contributed by atoms with Gasteiger partial charge in [-0.15, -0.1) is 0 Å². The summed E-state index contributed by atoms with van der Waals surface area (Å²) >= 11 is 13.1. The number of amides is 2. The molecule has 4 nitrogen and oxygen atoms in total. The Bertz CT molecular complexity index is 1230. The van der Waals surface area contributed by atoms with Crippen LogP contribution in [0.3, 0.4) is 0 Å². The van der Waals surface area contributed by atoms with Gasteiger partial charge in [0.2, 0.25) is 0 Å². The molecule has 0 spiro atoms. The van der Waals surface area contributed by atoms with Crippen molar-refractivity contribution in [3.8, 4) is 0 Å². The minimum atomic E-state index is -0.523. The molecule has 1 heterocycles. The van der Waals surface area contributed by atoms with Crippen LogP contribution in [0.4, 0.5) is 5.69 Å². The first-order chi connectivity index (χ1) is 15.0. The number of thiocarbonyl (C=S) groups is 1. The normalized spacial score (nSPS) is 15.4. The zero-order valence-electron chi connectivity index (χ0n) is 16.5. The Morgan fingerprint density at radius 3 is 2.45 bits per heavy atom. The van der Waals surface area contributed by atoms with Gasteiger partial charge in [0.05, 0.1) is 5.69 Å². The van der Waals surface area contributed by atoms with Crippen LogP contribution in [0.25, 0.3) is 6.08 Å². The van der Waals surface area contributed by atoms with E-state index >= 15 is 0 Å². The van der Waals surface area contributed by atoms with Gasteiger partial charge in [0, 0.05) is 14.8 Å². The molecule has 3 aromatic rings. The molecule has 2 amide bonds. The van der Waals surface area contributed by atoms with E-state index in [0.717, 1.165) is 15.4 Å². The lowest BCUT2D eigenvalue weighted by Gasteiger charge is -2.30. The Hall–Kier alpha value is -2.93. The van der Waals surface area contributed by atoms with Crippen LogP contribution in [0.15, 0.2) is 88.2 Å². The Morgan fingerprint density at radius 1 is 0.968 bits per heavy atom. The average molecular weight is 465 g/mol. The molecule has 31 heavy (non-hydrogen) atoms. The van der Waals surface area contributed by atoms with Crippen molar-refractivity contribution in [1.82, 2.24) is 5.32 Å². The van der Waals surface area contributed by atoms with Crippen molar-refractivity contribution in [1.29, 1.82) is 0 Å². The molecular formula is C24H17ClN2O2S2. The number of anilines is 1. The first-order valence-corrected chi connectivity index (χ1v) is 11.0. The lowest BCUT2D eigenvalue weighted by molar-refractivity contribution is -0.122. The van der Waals surface area contributed by atoms with Crippen LogP contribution >= 0.6 is 35.6 Å². The van der Waals surface area contributed by atoms with Gasteiger partial charge in [0.25, 0.3) is 11.8 Å². The molecule has 0 unspecified atom stereocenters. The summed E-state index contributed by atoms with van der Waals surface area (Å²) in [4.78, 5) is 29.3. The van der Waals surface area contributed by atoms with Crippen molar-refractivity contribution in [3.05, 3.63) is 94.5 Å². The Labute approximate surface area is 194 Å². The van der Waals surface area contributed by atoms with Crippen molar-refractivity contribution in [3.63, 3.8) is 0 Å². The van der Waals surface area contributed by atoms with Crippen molar-refractivity contribution in [2.75, 3.05) is 4.90 Å². The molecule has 0 aromatic heterocycles. The van der Waals surface area contributed by atoms with Crippen molar-refractivity contribution in [2.45, 2.75) is 16.7 Å². The summed E-state index contributed by atoms with van der Waals surface area (Å²) in [7, 11) is 0. The fourth-order valence-corrected chi connectivity index (χ4v) is 4.56. The highest BCUT2D eigenvalue weighted by atomic mass is 35.5. The van der Waals surface area contributed by atoms with Gasteiger partial charge in [-0.3, -0.25) is 19.8 Å². The zero-order chi connectivity index (χ0) is 22.0. The first kappa shape index (κ1) is 21.3. The van der Waals surface area contributed by atoms with Crippen LogP contribution in [-0.2, 0) is 9.59 Å². The predicted molar refractivity (Wildman–Crippen MR) is 129 cm³/mol. The van der Waals surface area contributed by atoms with Gasteiger partial charge in [-0.25, -0.2) is 0 Å². The minimum Gasteiger partial charge on any atom is -0.298 e. The van der Waals surface area contributed by atoms with Gasteiger partial charge in [-0.2, -0.15) is 0 Å². The highest BCUT2D eigenvalue weighted by Gasteiger charge is 2.35. The standard InChI is InChI=1S/C24H17ClN2O2S2/c1-15-19(25)11-7-12-20(15)27-23(29)18(22(28)26-24(27)30)14-16-8-5-6-13-21(16)31-17-9-3-2-4-10-17/h2-14H,1H3,(H,26,28,30)/b18-14-. The van der Waals surface area contributed by atoms with E-state index in [4.69, 9.17) is 23.8 Å². The summed E-state index contributed by atoms with van der Waals surface area (Å²) in [6.45, 7) is 1.80. The molecule has 1 fully saturated rings. The SMILES string of the molecule is Cc1c(Cl)cccc1N1C(=O)/C(=C\c2ccccc2Sc2ccccc2)C(=O)NC1=S. The summed E-state index contributed by atoms with van der Waals surface area (Å²) < 4.78 is 0. The molecule has 0 bridgehead atoms. The van der Waals surface area contributed by atoms with E-state index in [0.29, 0.717) is 16.3 Å². The minimum absolute atomic E-state index is 0.00841. The van der Waals surface area contributed by atoms with Gasteiger partial charge in [-0.1, -0.05) is 65.8 Å². The molecule has 1 aliphatic heterocycles. The summed E-state index contributed by atoms with van der Waals surface area (Å²) in [6, 6.07) is 22.8. The highest BCUT2D eigenvalue weighted by molar-refractivity contribution is 7.99. The predicted octanol–water partition coefficient (Wildman–Crippen LogP) is 5.63. The van der Waals surface area contributed by atoms with Crippen LogP contribution in [0.5, 0.6) is 0 Å². The van der Waals surface area contributed by atoms with E-state index in [9.17, 15) is 9.59 Å². The highest BCUT2D eigenvalue weighted by Crippen LogP contribution is 2.33. The van der Waals surface area contributed by atoms with Crippen LogP contribution in [0.1, 0.15) is 11.1 Å². The molecule has 1 saturated heterocycles. The molecule has 3 aromatic carbocycles. The molecule has 0 radical (unpaired) electrons. The Morgan fingerprint density at radius 2 is 1.68 bits per heavy atom. The van der Waals surface area contributed by atoms with Gasteiger partial charge >= 0.3 is 0 Å². The second-order valence-electron chi connectivity index (χ2n) is 6.79. The van der Waals surface area contributed by atoms with Gasteiger partial charge in [-0.05, 0) is 66.7 Å². The summed E-state index contributed by atoms with van der Waals surface area (Å²) in [5.41, 5.74) is 2.02. The lowest BCUT2D eigenvalue weighted by atomic mass is 10.1. The summed E-state index contributed by atoms with van der Waals surface area (Å²) in [6.07, 6.45) is 1.61. The monoisotopic (exact) mass is 464 g/mol. The zero-order valence-corrected chi connectivity index (χ0v) is 18.9. The van der Waals surface area contributed by atoms with Crippen LogP contribution in [-0.4, -0.2) is 16.9 Å². The Kier molecular flexibility index (Phi) is 6.23. The Balaban J connectivity index is 1.74. The molecule has 1 aliphatic rings. The maximum absolute atomic E-state index is 13.3. The number of nitrogens with one attached hydrogen (secondary N) is 1. The van der Waals surface area contributed by atoms with Gasteiger partial charge < -0.3 is 0 Å². The average Bonchev–Trinajstić information content (AvgIpc) is 2.76. The van der Waals surface area contributed by atoms with E-state index in [-0.39, 0.29) is 10.7 Å². The van der Waals surface area contributed by atoms with E-state index in [1.54, 1.807) is 43.0 Å². The van der Waals surface area contributed by atoms with Crippen LogP contribution in [0.2, 0.25) is 5.02 Å². The summed E-state index contributed by atoms with van der Waals surface area (Å²) in [5, 5.41) is 3.17. The third-order valence-corrected chi connectivity index (χ3v) is 6.57. The van der Waals surface area contributed by atoms with Gasteiger partial charge in [0.15, 0.2) is 5.11 Å². The van der Waals surface area contributed by atoms with E-state index in [1.165, 1.54) is 4.90 Å². The number of nitrogens with zero attached hydrogens (tertiary/aromatic N) is 1. The number of carbonyl (C=O) groups is 2. The van der Waals surface area contributed by atoms with Crippen molar-refractivity contribution in [2.24, 2.45) is 0 Å². The third-order valence-electron chi connectivity index (χ3n) is 4.77. The van der Waals surface area contributed by atoms with E-state index < -0.39 is 11.8 Å². The number of halogens is 1. The number of benzene rings is 3. The number of carbonyl (C=O) groups excluding carboxylic acids is 2. The topological polar surface area (TPSA) is 49.4 Å². The maximum Gasteiger partial charge on any atom is 0.270 e. The second-order valence-corrected chi connectivity index (χ2v) is 8.70. The van der Waals surface area contributed by atoms with Crippen LogP contribution in [0, 0.1) is 6.92 Å². The molecule has 4 rings (SSSR count). The fourth-order valence-electron chi connectivity index (χ4n) is 3.18. The molecule has 1 N–H and O–H groups in total. The lowest BCUT2D eigenvalue weighted by Crippen LogP contribution is -2.54. The molecule has 154 valence electrons. The van der Waals surface area contributed by atoms with E-state index in [1.807, 2.05) is 54.6 Å². The number of rotatable bonds is 4. The molecule has 0 aliphatic carbocycles. The number of hydrogen-bond acceptors (Lipinski definition) is 4. The van der Waals surface area contributed by atoms with Gasteiger partial charge in [0.1, 0.15) is 5.57 Å². The smallest absolute Gasteiger partial charge is 0.270 e. The van der Waals surface area contributed by atoms with E-state index in [2.05, 4.69) is 5.32 Å². The molecular weight excluding hydrogens is 448 g/mol. The van der Waals surface area contributed by atoms with Crippen molar-refractivity contribution >= 4 is 64.3 Å². The quantitative estimate of drug-likeness (QED) is 0.309. The molecule has 7 heteroatoms. The van der Waals surface area contributed by atoms with Crippen LogP contribution < -0.4 is 10.2 Å². The summed E-state index contributed by atoms with van der Waals surface area (Å²) in [5.74, 6) is -1.01. The third kappa shape index (κ3) is 4.42. The second kappa shape index (κ2) is 9.06. The molecule has 0 atom stereocenters. The molecule has 0 saturated carbocycles. The fraction of sp³-hybridized carbons (Fsp3) is 0.0417. The first-order valence-electron chi connectivity index (χ1n) is 9.44. The maximum atomic E-state index is 13.3. The largest absolute Gasteiger partial charge is 0.298 e. The number of hydrogen-bond donors (Lipinski definition) is 1.